The maximum absolute atomic E-state index is 11.6. The Morgan fingerprint density at radius 3 is 2.68 bits per heavy atom. The summed E-state index contributed by atoms with van der Waals surface area (Å²) in [6.45, 7) is 2.86. The maximum Gasteiger partial charge on any atom is 0.211 e. The van der Waals surface area contributed by atoms with E-state index in [-0.39, 0.29) is 0 Å². The number of rotatable bonds is 2. The number of piperazine rings is 1. The SMILES string of the molecule is CN1CC/C(=N/NC(=S)N2CCN(S(C)(=O)=O)CC2)c2ncccc21. The van der Waals surface area contributed by atoms with Crippen LogP contribution >= 0.6 is 12.2 Å². The number of pyridine rings is 1. The summed E-state index contributed by atoms with van der Waals surface area (Å²) in [6, 6.07) is 3.94. The first-order valence-corrected chi connectivity index (χ1v) is 10.3. The van der Waals surface area contributed by atoms with Crippen molar-refractivity contribution in [2.24, 2.45) is 5.10 Å². The predicted octanol–water partition coefficient (Wildman–Crippen LogP) is 0.0773. The van der Waals surface area contributed by atoms with E-state index in [1.165, 1.54) is 10.6 Å². The van der Waals surface area contributed by atoms with Crippen LogP contribution in [0, 0.1) is 0 Å². The van der Waals surface area contributed by atoms with E-state index in [9.17, 15) is 8.42 Å². The Hall–Kier alpha value is -1.78. The van der Waals surface area contributed by atoms with E-state index >= 15 is 0 Å². The van der Waals surface area contributed by atoms with Crippen molar-refractivity contribution in [3.8, 4) is 0 Å². The highest BCUT2D eigenvalue weighted by Crippen LogP contribution is 2.23. The molecule has 0 amide bonds. The van der Waals surface area contributed by atoms with E-state index in [0.29, 0.717) is 31.3 Å². The van der Waals surface area contributed by atoms with Gasteiger partial charge in [-0.05, 0) is 24.4 Å². The maximum atomic E-state index is 11.6. The molecule has 0 bridgehead atoms. The summed E-state index contributed by atoms with van der Waals surface area (Å²) in [5.74, 6) is 0. The number of hydrazone groups is 1. The lowest BCUT2D eigenvalue weighted by Crippen LogP contribution is -2.52. The number of nitrogens with one attached hydrogen (secondary N) is 1. The van der Waals surface area contributed by atoms with Gasteiger partial charge in [0.05, 0.1) is 17.7 Å². The van der Waals surface area contributed by atoms with Crippen LogP contribution in [0.1, 0.15) is 12.1 Å². The van der Waals surface area contributed by atoms with E-state index in [1.807, 2.05) is 24.1 Å². The lowest BCUT2D eigenvalue weighted by molar-refractivity contribution is 0.265. The second kappa shape index (κ2) is 7.22. The zero-order valence-corrected chi connectivity index (χ0v) is 16.0. The van der Waals surface area contributed by atoms with Crippen molar-refractivity contribution in [1.82, 2.24) is 19.6 Å². The third-order valence-electron chi connectivity index (χ3n) is 4.44. The summed E-state index contributed by atoms with van der Waals surface area (Å²) in [7, 11) is -1.10. The summed E-state index contributed by atoms with van der Waals surface area (Å²) in [5, 5.41) is 4.98. The normalized spacial score (nSPS) is 20.5. The van der Waals surface area contributed by atoms with Crippen LogP contribution in [0.3, 0.4) is 0 Å². The number of aromatic nitrogens is 1. The fourth-order valence-corrected chi connectivity index (χ4v) is 4.01. The fourth-order valence-electron chi connectivity index (χ4n) is 2.96. The lowest BCUT2D eigenvalue weighted by atomic mass is 10.1. The number of thiocarbonyl (C=S) groups is 1. The van der Waals surface area contributed by atoms with Crippen molar-refractivity contribution in [2.75, 3.05) is 50.9 Å². The Labute approximate surface area is 153 Å². The smallest absolute Gasteiger partial charge is 0.211 e. The molecule has 8 nitrogen and oxygen atoms in total. The molecule has 1 aromatic heterocycles. The van der Waals surface area contributed by atoms with Crippen LogP contribution in [-0.2, 0) is 10.0 Å². The average Bonchev–Trinajstić information content (AvgIpc) is 2.60. The highest BCUT2D eigenvalue weighted by atomic mass is 32.2. The molecule has 10 heteroatoms. The van der Waals surface area contributed by atoms with Gasteiger partial charge in [-0.25, -0.2) is 8.42 Å². The molecule has 0 saturated carbocycles. The monoisotopic (exact) mass is 382 g/mol. The van der Waals surface area contributed by atoms with E-state index in [0.717, 1.165) is 30.1 Å². The molecule has 0 spiro atoms. The van der Waals surface area contributed by atoms with Crippen LogP contribution in [0.25, 0.3) is 0 Å². The van der Waals surface area contributed by atoms with Crippen LogP contribution in [0.15, 0.2) is 23.4 Å². The topological polar surface area (TPSA) is 81.1 Å². The van der Waals surface area contributed by atoms with E-state index in [4.69, 9.17) is 12.2 Å². The second-order valence-corrected chi connectivity index (χ2v) is 8.54. The van der Waals surface area contributed by atoms with Gasteiger partial charge in [-0.2, -0.15) is 9.41 Å². The van der Waals surface area contributed by atoms with Crippen molar-refractivity contribution in [3.63, 3.8) is 0 Å². The van der Waals surface area contributed by atoms with Crippen molar-refractivity contribution < 1.29 is 8.42 Å². The highest BCUT2D eigenvalue weighted by Gasteiger charge is 2.25. The number of anilines is 1. The molecule has 0 aromatic carbocycles. The third-order valence-corrected chi connectivity index (χ3v) is 6.09. The predicted molar refractivity (Wildman–Crippen MR) is 102 cm³/mol. The number of hydrogen-bond acceptors (Lipinski definition) is 6. The van der Waals surface area contributed by atoms with Gasteiger partial charge < -0.3 is 9.80 Å². The van der Waals surface area contributed by atoms with Gasteiger partial charge in [-0.1, -0.05) is 0 Å². The molecule has 0 aliphatic carbocycles. The van der Waals surface area contributed by atoms with Crippen molar-refractivity contribution in [3.05, 3.63) is 24.0 Å². The zero-order valence-electron chi connectivity index (χ0n) is 14.3. The molecule has 1 N–H and O–H groups in total. The first-order valence-electron chi connectivity index (χ1n) is 8.09. The minimum Gasteiger partial charge on any atom is -0.372 e. The van der Waals surface area contributed by atoms with Crippen LogP contribution in [0.5, 0.6) is 0 Å². The summed E-state index contributed by atoms with van der Waals surface area (Å²) in [5.41, 5.74) is 5.76. The van der Waals surface area contributed by atoms with E-state index in [2.05, 4.69) is 20.4 Å². The molecule has 0 unspecified atom stereocenters. The van der Waals surface area contributed by atoms with Crippen LogP contribution in [0.2, 0.25) is 0 Å². The third kappa shape index (κ3) is 4.07. The molecule has 1 aromatic rings. The fraction of sp³-hybridized carbons (Fsp3) is 0.533. The van der Waals surface area contributed by atoms with Crippen LogP contribution < -0.4 is 10.3 Å². The van der Waals surface area contributed by atoms with Gasteiger partial charge in [-0.3, -0.25) is 10.4 Å². The molecule has 1 saturated heterocycles. The number of sulfonamides is 1. The van der Waals surface area contributed by atoms with Crippen molar-refractivity contribution in [1.29, 1.82) is 0 Å². The quantitative estimate of drug-likeness (QED) is 0.573. The highest BCUT2D eigenvalue weighted by molar-refractivity contribution is 7.88. The molecule has 2 aliphatic rings. The van der Waals surface area contributed by atoms with Gasteiger partial charge in [-0.15, -0.1) is 0 Å². The van der Waals surface area contributed by atoms with Gasteiger partial charge in [0.2, 0.25) is 10.0 Å². The molecule has 1 fully saturated rings. The largest absolute Gasteiger partial charge is 0.372 e. The molecule has 136 valence electrons. The summed E-state index contributed by atoms with van der Waals surface area (Å²) >= 11 is 5.41. The number of fused-ring (bicyclic) bond motifs is 1. The molecule has 0 radical (unpaired) electrons. The second-order valence-electron chi connectivity index (χ2n) is 6.17. The molecule has 3 heterocycles. The Morgan fingerprint density at radius 2 is 2.00 bits per heavy atom. The average molecular weight is 383 g/mol. The van der Waals surface area contributed by atoms with Gasteiger partial charge in [0, 0.05) is 52.4 Å². The minimum absolute atomic E-state index is 0.437. The summed E-state index contributed by atoms with van der Waals surface area (Å²) < 4.78 is 24.6. The first-order chi connectivity index (χ1) is 11.9. The van der Waals surface area contributed by atoms with Gasteiger partial charge in [0.15, 0.2) is 5.11 Å². The Kier molecular flexibility index (Phi) is 5.21. The van der Waals surface area contributed by atoms with Crippen molar-refractivity contribution >= 4 is 38.8 Å². The molecule has 3 rings (SSSR count). The summed E-state index contributed by atoms with van der Waals surface area (Å²) in [6.07, 6.45) is 3.78. The Balaban J connectivity index is 1.63. The van der Waals surface area contributed by atoms with Gasteiger partial charge in [0.25, 0.3) is 0 Å². The molecule has 2 aliphatic heterocycles. The summed E-state index contributed by atoms with van der Waals surface area (Å²) in [4.78, 5) is 8.53. The molecular weight excluding hydrogens is 360 g/mol. The Bertz CT molecular complexity index is 787. The van der Waals surface area contributed by atoms with Gasteiger partial charge in [0.1, 0.15) is 5.69 Å². The molecule has 0 atom stereocenters. The minimum atomic E-state index is -3.14. The molecule has 25 heavy (non-hydrogen) atoms. The van der Waals surface area contributed by atoms with E-state index in [1.54, 1.807) is 6.20 Å². The van der Waals surface area contributed by atoms with E-state index < -0.39 is 10.0 Å². The Morgan fingerprint density at radius 1 is 1.28 bits per heavy atom. The number of nitrogens with zero attached hydrogens (tertiary/aromatic N) is 5. The van der Waals surface area contributed by atoms with Gasteiger partial charge >= 0.3 is 0 Å². The standard InChI is InChI=1S/C15H22N6O2S2/c1-19-7-5-12(14-13(19)4-3-6-16-14)17-18-15(24)20-8-10-21(11-9-20)25(2,22)23/h3-4,6H,5,7-11H2,1-2H3,(H,18,24)/b17-12-. The van der Waals surface area contributed by atoms with Crippen LogP contribution in [-0.4, -0.2) is 79.5 Å². The number of hydrogen-bond donors (Lipinski definition) is 1. The first kappa shape index (κ1) is 18.0. The van der Waals surface area contributed by atoms with Crippen LogP contribution in [0.4, 0.5) is 5.69 Å². The molecular formula is C15H22N6O2S2. The lowest BCUT2D eigenvalue weighted by Gasteiger charge is -2.34. The zero-order chi connectivity index (χ0) is 18.0. The van der Waals surface area contributed by atoms with Crippen molar-refractivity contribution in [2.45, 2.75) is 6.42 Å².